The standard InChI is InChI=1S/C33H32BrN3O3/c1-3-22(2)35-32(39)29(19-23-9-5-4-6-10-23)36(20-24-15-17-26(34)18-16-24)30(38)21-37-28-14-8-12-25-11-7-13-27(31(25)28)33(37)40/h4-18,22,29H,3,19-21H2,1-2H3,(H,35,39)/t22-,29-/m1/s1. The number of carbonyl (C=O) groups is 3. The maximum Gasteiger partial charge on any atom is 0.259 e. The lowest BCUT2D eigenvalue weighted by Gasteiger charge is -2.33. The summed E-state index contributed by atoms with van der Waals surface area (Å²) < 4.78 is 0.929. The highest BCUT2D eigenvalue weighted by Gasteiger charge is 2.36. The van der Waals surface area contributed by atoms with Gasteiger partial charge in [0.1, 0.15) is 12.6 Å². The monoisotopic (exact) mass is 597 g/mol. The molecule has 0 spiro atoms. The minimum Gasteiger partial charge on any atom is -0.352 e. The number of halogens is 1. The van der Waals surface area contributed by atoms with E-state index in [1.165, 1.54) is 0 Å². The number of rotatable bonds is 10. The van der Waals surface area contributed by atoms with Crippen LogP contribution < -0.4 is 10.2 Å². The number of amides is 3. The Morgan fingerprint density at radius 2 is 1.60 bits per heavy atom. The van der Waals surface area contributed by atoms with Gasteiger partial charge in [-0.05, 0) is 54.1 Å². The van der Waals surface area contributed by atoms with E-state index in [-0.39, 0.29) is 36.9 Å². The third-order valence-corrected chi connectivity index (χ3v) is 8.01. The zero-order valence-corrected chi connectivity index (χ0v) is 24.2. The molecule has 0 unspecified atom stereocenters. The Morgan fingerprint density at radius 1 is 0.900 bits per heavy atom. The second kappa shape index (κ2) is 12.0. The highest BCUT2D eigenvalue weighted by Crippen LogP contribution is 2.37. The Bertz CT molecular complexity index is 1530. The van der Waals surface area contributed by atoms with Gasteiger partial charge in [-0.25, -0.2) is 0 Å². The van der Waals surface area contributed by atoms with Gasteiger partial charge in [-0.1, -0.05) is 89.6 Å². The Labute approximate surface area is 243 Å². The lowest BCUT2D eigenvalue weighted by Crippen LogP contribution is -2.54. The number of anilines is 1. The zero-order chi connectivity index (χ0) is 28.2. The third kappa shape index (κ3) is 5.80. The largest absolute Gasteiger partial charge is 0.352 e. The fraction of sp³-hybridized carbons (Fsp3) is 0.242. The van der Waals surface area contributed by atoms with Gasteiger partial charge in [-0.2, -0.15) is 0 Å². The molecule has 204 valence electrons. The second-order valence-corrected chi connectivity index (χ2v) is 11.2. The fourth-order valence-electron chi connectivity index (χ4n) is 5.14. The van der Waals surface area contributed by atoms with Crippen molar-refractivity contribution in [2.24, 2.45) is 0 Å². The van der Waals surface area contributed by atoms with E-state index in [1.54, 1.807) is 15.9 Å². The van der Waals surface area contributed by atoms with Crippen molar-refractivity contribution >= 4 is 50.1 Å². The SMILES string of the molecule is CC[C@@H](C)NC(=O)[C@@H](Cc1ccccc1)N(Cc1ccc(Br)cc1)C(=O)CN1C(=O)c2cccc3cccc1c23. The van der Waals surface area contributed by atoms with Gasteiger partial charge in [0.25, 0.3) is 5.91 Å². The predicted molar refractivity (Wildman–Crippen MR) is 162 cm³/mol. The Kier molecular flexibility index (Phi) is 8.31. The van der Waals surface area contributed by atoms with Crippen molar-refractivity contribution in [2.75, 3.05) is 11.4 Å². The summed E-state index contributed by atoms with van der Waals surface area (Å²) in [7, 11) is 0. The predicted octanol–water partition coefficient (Wildman–Crippen LogP) is 6.12. The van der Waals surface area contributed by atoms with Crippen LogP contribution in [0.1, 0.15) is 41.8 Å². The molecule has 40 heavy (non-hydrogen) atoms. The molecule has 7 heteroatoms. The first-order valence-electron chi connectivity index (χ1n) is 13.6. The number of nitrogens with zero attached hydrogens (tertiary/aromatic N) is 2. The summed E-state index contributed by atoms with van der Waals surface area (Å²) in [6.07, 6.45) is 1.13. The maximum atomic E-state index is 14.2. The highest BCUT2D eigenvalue weighted by molar-refractivity contribution is 9.10. The van der Waals surface area contributed by atoms with E-state index in [9.17, 15) is 14.4 Å². The van der Waals surface area contributed by atoms with Crippen molar-refractivity contribution in [3.05, 3.63) is 112 Å². The molecule has 0 fully saturated rings. The molecule has 0 saturated heterocycles. The van der Waals surface area contributed by atoms with Crippen LogP contribution in [0.25, 0.3) is 10.8 Å². The molecule has 5 rings (SSSR count). The van der Waals surface area contributed by atoms with Crippen LogP contribution in [0.5, 0.6) is 0 Å². The highest BCUT2D eigenvalue weighted by atomic mass is 79.9. The van der Waals surface area contributed by atoms with Gasteiger partial charge in [0.2, 0.25) is 11.8 Å². The summed E-state index contributed by atoms with van der Waals surface area (Å²) in [5.41, 5.74) is 3.16. The Hall–Kier alpha value is -3.97. The first-order chi connectivity index (χ1) is 19.4. The van der Waals surface area contributed by atoms with Gasteiger partial charge < -0.3 is 10.2 Å². The van der Waals surface area contributed by atoms with E-state index >= 15 is 0 Å². The van der Waals surface area contributed by atoms with Crippen LogP contribution in [-0.2, 0) is 22.6 Å². The lowest BCUT2D eigenvalue weighted by atomic mass is 10.0. The minimum atomic E-state index is -0.761. The summed E-state index contributed by atoms with van der Waals surface area (Å²) in [4.78, 5) is 44.6. The van der Waals surface area contributed by atoms with E-state index in [0.717, 1.165) is 38.5 Å². The van der Waals surface area contributed by atoms with Crippen LogP contribution in [0.3, 0.4) is 0 Å². The van der Waals surface area contributed by atoms with E-state index in [1.807, 2.05) is 98.8 Å². The molecule has 1 aliphatic rings. The van der Waals surface area contributed by atoms with Gasteiger partial charge in [-0.3, -0.25) is 19.3 Å². The molecule has 6 nitrogen and oxygen atoms in total. The number of hydrogen-bond acceptors (Lipinski definition) is 3. The van der Waals surface area contributed by atoms with Crippen LogP contribution in [0.15, 0.2) is 95.5 Å². The van der Waals surface area contributed by atoms with Crippen molar-refractivity contribution < 1.29 is 14.4 Å². The van der Waals surface area contributed by atoms with E-state index in [2.05, 4.69) is 21.2 Å². The van der Waals surface area contributed by atoms with Crippen molar-refractivity contribution in [3.8, 4) is 0 Å². The molecule has 0 aliphatic carbocycles. The number of nitrogens with one attached hydrogen (secondary N) is 1. The molecule has 1 aliphatic heterocycles. The van der Waals surface area contributed by atoms with Crippen LogP contribution in [-0.4, -0.2) is 41.2 Å². The molecule has 0 bridgehead atoms. The van der Waals surface area contributed by atoms with Crippen LogP contribution in [0.4, 0.5) is 5.69 Å². The van der Waals surface area contributed by atoms with Crippen molar-refractivity contribution in [1.82, 2.24) is 10.2 Å². The number of hydrogen-bond donors (Lipinski definition) is 1. The summed E-state index contributed by atoms with van der Waals surface area (Å²) in [6, 6.07) is 28.0. The van der Waals surface area contributed by atoms with Gasteiger partial charge in [0.05, 0.1) is 5.69 Å². The number of carbonyl (C=O) groups excluding carboxylic acids is 3. The van der Waals surface area contributed by atoms with Gasteiger partial charge in [0.15, 0.2) is 0 Å². The molecule has 4 aromatic rings. The first-order valence-corrected chi connectivity index (χ1v) is 14.4. The van der Waals surface area contributed by atoms with Crippen molar-refractivity contribution in [3.63, 3.8) is 0 Å². The van der Waals surface area contributed by atoms with Crippen LogP contribution >= 0.6 is 15.9 Å². The smallest absolute Gasteiger partial charge is 0.259 e. The van der Waals surface area contributed by atoms with E-state index in [0.29, 0.717) is 12.0 Å². The van der Waals surface area contributed by atoms with Crippen molar-refractivity contribution in [2.45, 2.75) is 45.3 Å². The first kappa shape index (κ1) is 27.6. The molecule has 3 amide bonds. The van der Waals surface area contributed by atoms with Crippen molar-refractivity contribution in [1.29, 1.82) is 0 Å². The Morgan fingerprint density at radius 3 is 2.30 bits per heavy atom. The fourth-order valence-corrected chi connectivity index (χ4v) is 5.41. The summed E-state index contributed by atoms with van der Waals surface area (Å²) in [6.45, 7) is 4.04. The summed E-state index contributed by atoms with van der Waals surface area (Å²) in [5.74, 6) is -0.699. The molecule has 4 aromatic carbocycles. The third-order valence-electron chi connectivity index (χ3n) is 7.48. The topological polar surface area (TPSA) is 69.7 Å². The Balaban J connectivity index is 1.51. The molecule has 0 aromatic heterocycles. The molecule has 0 saturated carbocycles. The second-order valence-electron chi connectivity index (χ2n) is 10.2. The molecule has 2 atom stereocenters. The molecular weight excluding hydrogens is 566 g/mol. The van der Waals surface area contributed by atoms with Crippen LogP contribution in [0, 0.1) is 0 Å². The van der Waals surface area contributed by atoms with Gasteiger partial charge in [-0.15, -0.1) is 0 Å². The molecule has 1 heterocycles. The summed E-state index contributed by atoms with van der Waals surface area (Å²) >= 11 is 3.48. The number of benzene rings is 4. The average Bonchev–Trinajstić information content (AvgIpc) is 3.24. The quantitative estimate of drug-likeness (QED) is 0.239. The summed E-state index contributed by atoms with van der Waals surface area (Å²) in [5, 5.41) is 4.91. The zero-order valence-electron chi connectivity index (χ0n) is 22.6. The van der Waals surface area contributed by atoms with E-state index < -0.39 is 6.04 Å². The minimum absolute atomic E-state index is 0.0392. The van der Waals surface area contributed by atoms with E-state index in [4.69, 9.17) is 0 Å². The molecule has 1 N–H and O–H groups in total. The molecule has 0 radical (unpaired) electrons. The lowest BCUT2D eigenvalue weighted by molar-refractivity contribution is -0.140. The van der Waals surface area contributed by atoms with Crippen LogP contribution in [0.2, 0.25) is 0 Å². The van der Waals surface area contributed by atoms with Gasteiger partial charge >= 0.3 is 0 Å². The molecular formula is C33H32BrN3O3. The van der Waals surface area contributed by atoms with Gasteiger partial charge in [0, 0.05) is 34.4 Å². The maximum absolute atomic E-state index is 14.2. The average molecular weight is 599 g/mol. The normalized spacial score (nSPS) is 13.8.